The quantitative estimate of drug-likeness (QED) is 0.161. The van der Waals surface area contributed by atoms with Crippen molar-refractivity contribution in [2.24, 2.45) is 10.8 Å². The van der Waals surface area contributed by atoms with Crippen molar-refractivity contribution in [2.75, 3.05) is 39.3 Å². The Labute approximate surface area is 345 Å². The summed E-state index contributed by atoms with van der Waals surface area (Å²) in [5.41, 5.74) is 4.41. The molecule has 0 unspecified atom stereocenters. The number of hydrogen-bond acceptors (Lipinski definition) is 6. The third kappa shape index (κ3) is 7.92. The summed E-state index contributed by atoms with van der Waals surface area (Å²) < 4.78 is 54.9. The molecular formula is C44H50F4N8O4. The van der Waals surface area contributed by atoms with Gasteiger partial charge >= 0.3 is 23.6 Å². The molecule has 4 aliphatic rings. The highest BCUT2D eigenvalue weighted by atomic mass is 19.3. The van der Waals surface area contributed by atoms with Crippen molar-refractivity contribution in [2.45, 2.75) is 90.1 Å². The number of halogens is 4. The van der Waals surface area contributed by atoms with Gasteiger partial charge < -0.3 is 29.6 Å². The van der Waals surface area contributed by atoms with Crippen LogP contribution in [0.1, 0.15) is 90.0 Å². The van der Waals surface area contributed by atoms with Gasteiger partial charge in [-0.15, -0.1) is 0 Å². The molecule has 2 N–H and O–H groups in total. The van der Waals surface area contributed by atoms with Gasteiger partial charge in [-0.05, 0) is 45.9 Å². The Morgan fingerprint density at radius 1 is 0.500 bits per heavy atom. The minimum atomic E-state index is -2.82. The second-order valence-electron chi connectivity index (χ2n) is 18.1. The van der Waals surface area contributed by atoms with Gasteiger partial charge in [0.15, 0.2) is 0 Å². The predicted octanol–water partition coefficient (Wildman–Crippen LogP) is 7.25. The van der Waals surface area contributed by atoms with Crippen molar-refractivity contribution in [1.29, 1.82) is 0 Å². The van der Waals surface area contributed by atoms with Gasteiger partial charge in [-0.2, -0.15) is 0 Å². The lowest BCUT2D eigenvalue weighted by Gasteiger charge is -2.34. The summed E-state index contributed by atoms with van der Waals surface area (Å²) in [4.78, 5) is 74.8. The fourth-order valence-electron chi connectivity index (χ4n) is 9.18. The maximum Gasteiger partial charge on any atom is 0.312 e. The highest BCUT2D eigenvalue weighted by molar-refractivity contribution is 6.35. The Kier molecular flexibility index (Phi) is 10.4. The summed E-state index contributed by atoms with van der Waals surface area (Å²) in [7, 11) is 0. The Hall–Kier alpha value is -5.54. The van der Waals surface area contributed by atoms with E-state index in [1.54, 1.807) is 12.4 Å². The van der Waals surface area contributed by atoms with Crippen LogP contribution in [-0.2, 0) is 19.2 Å². The van der Waals surface area contributed by atoms with Crippen LogP contribution in [0.4, 0.5) is 17.6 Å². The number of rotatable bonds is 5. The topological polar surface area (TPSA) is 139 Å². The Bertz CT molecular complexity index is 2110. The first-order valence-corrected chi connectivity index (χ1v) is 20.6. The molecule has 4 amide bonds. The van der Waals surface area contributed by atoms with Gasteiger partial charge in [-0.3, -0.25) is 19.2 Å². The minimum absolute atomic E-state index is 0.152. The molecule has 16 heteroatoms. The number of H-pyrrole nitrogens is 2. The van der Waals surface area contributed by atoms with E-state index in [1.165, 1.54) is 19.6 Å². The lowest BCUT2D eigenvalue weighted by Crippen LogP contribution is -2.50. The largest absolute Gasteiger partial charge is 0.340 e. The molecule has 0 spiro atoms. The average Bonchev–Trinajstić information content (AvgIpc) is 4.02. The summed E-state index contributed by atoms with van der Waals surface area (Å²) in [6.45, 7) is 8.18. The number of likely N-dealkylation sites (tertiary alicyclic amines) is 4. The van der Waals surface area contributed by atoms with Crippen molar-refractivity contribution < 1.29 is 36.7 Å². The van der Waals surface area contributed by atoms with E-state index < -0.39 is 73.2 Å². The molecule has 0 radical (unpaired) electrons. The van der Waals surface area contributed by atoms with Crippen LogP contribution in [0, 0.1) is 10.8 Å². The zero-order valence-corrected chi connectivity index (χ0v) is 34.2. The Balaban J connectivity index is 0.929. The van der Waals surface area contributed by atoms with Crippen LogP contribution in [0.15, 0.2) is 60.9 Å². The molecule has 2 atom stereocenters. The normalized spacial score (nSPS) is 23.2. The van der Waals surface area contributed by atoms with Crippen molar-refractivity contribution in [3.63, 3.8) is 0 Å². The number of piperidine rings is 2. The predicted molar refractivity (Wildman–Crippen MR) is 214 cm³/mol. The zero-order chi connectivity index (χ0) is 42.8. The van der Waals surface area contributed by atoms with Crippen molar-refractivity contribution in [3.05, 3.63) is 72.6 Å². The molecule has 6 heterocycles. The van der Waals surface area contributed by atoms with E-state index in [0.29, 0.717) is 37.6 Å². The van der Waals surface area contributed by atoms with E-state index in [0.717, 1.165) is 33.6 Å². The van der Waals surface area contributed by atoms with E-state index in [1.807, 2.05) is 76.2 Å². The highest BCUT2D eigenvalue weighted by Crippen LogP contribution is 2.48. The summed E-state index contributed by atoms with van der Waals surface area (Å²) in [6, 6.07) is 14.9. The minimum Gasteiger partial charge on any atom is -0.340 e. The third-order valence-corrected chi connectivity index (χ3v) is 13.0. The summed E-state index contributed by atoms with van der Waals surface area (Å²) in [5, 5.41) is 0. The maximum absolute atomic E-state index is 13.7. The third-order valence-electron chi connectivity index (χ3n) is 13.0. The molecule has 0 saturated carbocycles. The molecule has 4 fully saturated rings. The van der Waals surface area contributed by atoms with Gasteiger partial charge in [0.25, 0.3) is 11.8 Å². The molecule has 4 saturated heterocycles. The van der Waals surface area contributed by atoms with Crippen LogP contribution in [0.25, 0.3) is 33.6 Å². The number of nitrogens with zero attached hydrogens (tertiary/aromatic N) is 6. The van der Waals surface area contributed by atoms with Gasteiger partial charge in [0.05, 0.1) is 35.9 Å². The van der Waals surface area contributed by atoms with Gasteiger partial charge in [-0.1, -0.05) is 76.2 Å². The number of carbonyl (C=O) groups is 4. The first-order chi connectivity index (χ1) is 28.3. The van der Waals surface area contributed by atoms with Crippen LogP contribution in [0.2, 0.25) is 0 Å². The van der Waals surface area contributed by atoms with E-state index in [-0.39, 0.29) is 37.0 Å². The monoisotopic (exact) mass is 830 g/mol. The standard InChI is InChI=1S/C44H50F4N8O4/c1-41(2)13-23-55(39(59)37(57)53-19-15-43(45,46)16-20-53)33(41)35-49-25-31(51-35)29-9-5-27(6-10-29)28-7-11-30(12-8-28)32-26-50-36(52-32)34-42(3,4)14-24-56(34)40(60)38(58)54-21-17-44(47,48)18-22-54/h5-12,25-26,33-34H,13-24H2,1-4H3,(H,49,51)(H,50,52)/t33-,34+. The second-order valence-corrected chi connectivity index (χ2v) is 18.1. The van der Waals surface area contributed by atoms with Crippen molar-refractivity contribution in [1.82, 2.24) is 39.5 Å². The van der Waals surface area contributed by atoms with E-state index in [9.17, 15) is 36.7 Å². The fraction of sp³-hybridized carbons (Fsp3) is 0.500. The van der Waals surface area contributed by atoms with E-state index >= 15 is 0 Å². The number of benzene rings is 2. The second kappa shape index (κ2) is 15.2. The lowest BCUT2D eigenvalue weighted by atomic mass is 9.84. The number of hydrogen-bond donors (Lipinski definition) is 2. The molecule has 12 nitrogen and oxygen atoms in total. The lowest BCUT2D eigenvalue weighted by molar-refractivity contribution is -0.156. The summed E-state index contributed by atoms with van der Waals surface area (Å²) in [6.07, 6.45) is 2.90. The van der Waals surface area contributed by atoms with Crippen LogP contribution in [0.3, 0.4) is 0 Å². The molecule has 8 rings (SSSR count). The van der Waals surface area contributed by atoms with Crippen LogP contribution < -0.4 is 0 Å². The van der Waals surface area contributed by atoms with Crippen molar-refractivity contribution in [3.8, 4) is 33.6 Å². The molecule has 60 heavy (non-hydrogen) atoms. The number of aromatic nitrogens is 4. The zero-order valence-electron chi connectivity index (χ0n) is 34.2. The fourth-order valence-corrected chi connectivity index (χ4v) is 9.18. The molecule has 2 aromatic carbocycles. The summed E-state index contributed by atoms with van der Waals surface area (Å²) in [5.74, 6) is -7.45. The molecule has 0 bridgehead atoms. The molecule has 318 valence electrons. The molecular weight excluding hydrogens is 781 g/mol. The maximum atomic E-state index is 13.7. The molecule has 4 aliphatic heterocycles. The smallest absolute Gasteiger partial charge is 0.312 e. The Morgan fingerprint density at radius 3 is 1.15 bits per heavy atom. The first-order valence-electron chi connectivity index (χ1n) is 20.6. The number of aromatic amines is 2. The van der Waals surface area contributed by atoms with Gasteiger partial charge in [0.1, 0.15) is 11.6 Å². The van der Waals surface area contributed by atoms with Crippen LogP contribution >= 0.6 is 0 Å². The SMILES string of the molecule is CC1(C)CCN(C(=O)C(=O)N2CCC(F)(F)CC2)[C@H]1c1ncc(-c2ccc(-c3ccc(-c4cnc([C@H]5N(C(=O)C(=O)N6CCC(F)(F)CC6)CCC5(C)C)[nH]4)cc3)cc2)[nH]1. The molecule has 0 aliphatic carbocycles. The molecule has 4 aromatic rings. The van der Waals surface area contributed by atoms with Gasteiger partial charge in [-0.25, -0.2) is 27.5 Å². The van der Waals surface area contributed by atoms with Crippen LogP contribution in [0.5, 0.6) is 0 Å². The van der Waals surface area contributed by atoms with Crippen molar-refractivity contribution >= 4 is 23.6 Å². The highest BCUT2D eigenvalue weighted by Gasteiger charge is 2.50. The number of alkyl halides is 4. The van der Waals surface area contributed by atoms with E-state index in [2.05, 4.69) is 19.9 Å². The first kappa shape index (κ1) is 41.2. The number of carbonyl (C=O) groups excluding carboxylic acids is 4. The number of amides is 4. The van der Waals surface area contributed by atoms with Gasteiger partial charge in [0, 0.05) is 65.0 Å². The number of imidazole rings is 2. The average molecular weight is 831 g/mol. The van der Waals surface area contributed by atoms with Crippen LogP contribution in [-0.4, -0.2) is 114 Å². The number of nitrogens with one attached hydrogen (secondary N) is 2. The summed E-state index contributed by atoms with van der Waals surface area (Å²) >= 11 is 0. The van der Waals surface area contributed by atoms with E-state index in [4.69, 9.17) is 0 Å². The van der Waals surface area contributed by atoms with Gasteiger partial charge in [0.2, 0.25) is 0 Å². The Morgan fingerprint density at radius 2 is 0.817 bits per heavy atom. The molecule has 2 aromatic heterocycles.